The Morgan fingerprint density at radius 1 is 0.659 bits per heavy atom. The molecule has 2 aromatic heterocycles. The number of pyridine rings is 2. The summed E-state index contributed by atoms with van der Waals surface area (Å²) in [6.07, 6.45) is -11.1. The molecular weight excluding hydrogens is 576 g/mol. The molecule has 0 aromatic carbocycles. The first-order chi connectivity index (χ1) is 18.9. The highest BCUT2D eigenvalue weighted by molar-refractivity contribution is 5.91. The van der Waals surface area contributed by atoms with Crippen LogP contribution in [-0.4, -0.2) is 34.6 Å². The first kappa shape index (κ1) is 33.5. The third-order valence-corrected chi connectivity index (χ3v) is 6.27. The van der Waals surface area contributed by atoms with Crippen molar-refractivity contribution in [2.75, 3.05) is 0 Å². The molecular formula is C25H26F8N2O6. The number of carbonyl (C=O) groups excluding carboxylic acids is 2. The highest BCUT2D eigenvalue weighted by atomic mass is 19.4. The maximum atomic E-state index is 14.7. The Morgan fingerprint density at radius 2 is 0.976 bits per heavy atom. The quantitative estimate of drug-likeness (QED) is 0.149. The summed E-state index contributed by atoms with van der Waals surface area (Å²) in [7, 11) is 0. The van der Waals surface area contributed by atoms with Crippen molar-refractivity contribution in [2.45, 2.75) is 83.7 Å². The van der Waals surface area contributed by atoms with Gasteiger partial charge in [-0.05, 0) is 25.7 Å². The Bertz CT molecular complexity index is 1130. The van der Waals surface area contributed by atoms with E-state index in [4.69, 9.17) is 9.47 Å². The fourth-order valence-corrected chi connectivity index (χ4v) is 4.17. The van der Waals surface area contributed by atoms with Gasteiger partial charge in [0.1, 0.15) is 29.3 Å². The number of hydrogen-bond donors (Lipinski definition) is 0. The molecule has 8 nitrogen and oxygen atoms in total. The van der Waals surface area contributed by atoms with Crippen LogP contribution in [0, 0.1) is 11.6 Å². The van der Waals surface area contributed by atoms with Gasteiger partial charge in [0.25, 0.3) is 0 Å². The average molecular weight is 602 g/mol. The number of nitrogens with zero attached hydrogens (tertiary/aromatic N) is 2. The van der Waals surface area contributed by atoms with E-state index in [-0.39, 0.29) is 25.7 Å². The molecule has 41 heavy (non-hydrogen) atoms. The highest BCUT2D eigenvalue weighted by Gasteiger charge is 2.41. The van der Waals surface area contributed by atoms with Gasteiger partial charge in [-0.3, -0.25) is 9.59 Å². The topological polar surface area (TPSA) is 96.8 Å². The summed E-state index contributed by atoms with van der Waals surface area (Å²) < 4.78 is 123. The Kier molecular flexibility index (Phi) is 10.5. The molecule has 0 saturated carbocycles. The number of carbonyl (C=O) groups is 2. The summed E-state index contributed by atoms with van der Waals surface area (Å²) in [4.78, 5) is 32.0. The van der Waals surface area contributed by atoms with E-state index in [1.807, 2.05) is 0 Å². The molecule has 0 spiro atoms. The van der Waals surface area contributed by atoms with Crippen LogP contribution in [0.4, 0.5) is 35.1 Å². The monoisotopic (exact) mass is 602 g/mol. The van der Waals surface area contributed by atoms with Crippen molar-refractivity contribution in [1.29, 1.82) is 0 Å². The molecule has 0 N–H and O–H groups in total. The fourth-order valence-electron chi connectivity index (χ4n) is 4.17. The van der Waals surface area contributed by atoms with Gasteiger partial charge in [-0.1, -0.05) is 27.7 Å². The molecule has 16 heteroatoms. The molecule has 0 saturated heterocycles. The molecule has 0 fully saturated rings. The van der Waals surface area contributed by atoms with Crippen molar-refractivity contribution >= 4 is 11.9 Å². The van der Waals surface area contributed by atoms with E-state index in [0.29, 0.717) is 24.5 Å². The summed E-state index contributed by atoms with van der Waals surface area (Å²) >= 11 is 0. The van der Waals surface area contributed by atoms with E-state index in [9.17, 15) is 44.7 Å². The maximum Gasteiger partial charge on any atom is 0.574 e. The SMILES string of the molecule is CCC(CC)(OC(=O)CC(=O)OC(CC)(CC)c1cc(OC(F)(F)F)ncc1F)c1cc(OC(F)(F)F)ncc1F. The minimum absolute atomic E-state index is 0.144. The third-order valence-electron chi connectivity index (χ3n) is 6.27. The van der Waals surface area contributed by atoms with E-state index in [1.54, 1.807) is 0 Å². The minimum Gasteiger partial charge on any atom is -0.454 e. The molecule has 0 aliphatic rings. The second kappa shape index (κ2) is 12.9. The lowest BCUT2D eigenvalue weighted by molar-refractivity contribution is -0.277. The first-order valence-corrected chi connectivity index (χ1v) is 12.2. The molecule has 0 unspecified atom stereocenters. The number of alkyl halides is 6. The zero-order valence-electron chi connectivity index (χ0n) is 22.2. The van der Waals surface area contributed by atoms with Gasteiger partial charge < -0.3 is 18.9 Å². The first-order valence-electron chi connectivity index (χ1n) is 12.2. The number of aromatic nitrogens is 2. The minimum atomic E-state index is -5.14. The van der Waals surface area contributed by atoms with Crippen LogP contribution in [0.25, 0.3) is 0 Å². The van der Waals surface area contributed by atoms with E-state index in [1.165, 1.54) is 27.7 Å². The van der Waals surface area contributed by atoms with Crippen LogP contribution in [0.2, 0.25) is 0 Å². The molecule has 0 aliphatic carbocycles. The number of ether oxygens (including phenoxy) is 4. The van der Waals surface area contributed by atoms with Crippen LogP contribution in [0.3, 0.4) is 0 Å². The summed E-state index contributed by atoms with van der Waals surface area (Å²) in [6.45, 7) is 5.80. The number of rotatable bonds is 12. The van der Waals surface area contributed by atoms with Crippen molar-refractivity contribution in [3.8, 4) is 11.8 Å². The lowest BCUT2D eigenvalue weighted by Crippen LogP contribution is -2.36. The van der Waals surface area contributed by atoms with Gasteiger partial charge in [0.2, 0.25) is 11.8 Å². The molecule has 0 aliphatic heterocycles. The van der Waals surface area contributed by atoms with Crippen molar-refractivity contribution in [3.63, 3.8) is 0 Å². The van der Waals surface area contributed by atoms with Gasteiger partial charge in [0.05, 0.1) is 12.4 Å². The number of hydrogen-bond acceptors (Lipinski definition) is 8. The molecule has 0 bridgehead atoms. The van der Waals surface area contributed by atoms with Crippen LogP contribution in [0.15, 0.2) is 24.5 Å². The van der Waals surface area contributed by atoms with Crippen molar-refractivity contribution < 1.29 is 63.7 Å². The molecule has 0 atom stereocenters. The third kappa shape index (κ3) is 8.63. The van der Waals surface area contributed by atoms with Gasteiger partial charge in [-0.15, -0.1) is 26.3 Å². The second-order valence-electron chi connectivity index (χ2n) is 8.63. The number of halogens is 8. The zero-order chi connectivity index (χ0) is 31.2. The fraction of sp³-hybridized carbons (Fsp3) is 0.520. The maximum absolute atomic E-state index is 14.7. The Labute approximate surface area is 229 Å². The second-order valence-corrected chi connectivity index (χ2v) is 8.63. The Balaban J connectivity index is 2.32. The van der Waals surface area contributed by atoms with Crippen LogP contribution in [0.1, 0.15) is 70.9 Å². The van der Waals surface area contributed by atoms with E-state index >= 15 is 0 Å². The van der Waals surface area contributed by atoms with E-state index in [0.717, 1.165) is 0 Å². The Hall–Kier alpha value is -3.72. The lowest BCUT2D eigenvalue weighted by Gasteiger charge is -2.34. The predicted molar refractivity (Wildman–Crippen MR) is 123 cm³/mol. The molecule has 2 aromatic rings. The predicted octanol–water partition coefficient (Wildman–Crippen LogP) is 6.76. The Morgan fingerprint density at radius 3 is 1.24 bits per heavy atom. The largest absolute Gasteiger partial charge is 0.574 e. The average Bonchev–Trinajstić information content (AvgIpc) is 2.86. The molecule has 0 radical (unpaired) electrons. The van der Waals surface area contributed by atoms with Gasteiger partial charge in [0.15, 0.2) is 0 Å². The summed E-state index contributed by atoms with van der Waals surface area (Å²) in [5.41, 5.74) is -4.68. The van der Waals surface area contributed by atoms with Crippen LogP contribution in [-0.2, 0) is 30.3 Å². The summed E-state index contributed by atoms with van der Waals surface area (Å²) in [5, 5.41) is 0. The van der Waals surface area contributed by atoms with Gasteiger partial charge in [0, 0.05) is 23.3 Å². The normalized spacial score (nSPS) is 12.6. The van der Waals surface area contributed by atoms with Crippen molar-refractivity contribution in [2.24, 2.45) is 0 Å². The van der Waals surface area contributed by atoms with Crippen molar-refractivity contribution in [1.82, 2.24) is 9.97 Å². The van der Waals surface area contributed by atoms with Gasteiger partial charge in [-0.2, -0.15) is 0 Å². The zero-order valence-corrected chi connectivity index (χ0v) is 22.2. The smallest absolute Gasteiger partial charge is 0.454 e. The van der Waals surface area contributed by atoms with Crippen LogP contribution in [0.5, 0.6) is 11.8 Å². The molecule has 2 heterocycles. The van der Waals surface area contributed by atoms with Gasteiger partial charge in [-0.25, -0.2) is 18.7 Å². The molecule has 0 amide bonds. The summed E-state index contributed by atoms with van der Waals surface area (Å²) in [6, 6.07) is 1.24. The molecule has 228 valence electrons. The molecule has 2 rings (SSSR count). The highest BCUT2D eigenvalue weighted by Crippen LogP contribution is 2.39. The van der Waals surface area contributed by atoms with Gasteiger partial charge >= 0.3 is 24.7 Å². The van der Waals surface area contributed by atoms with E-state index in [2.05, 4.69) is 19.4 Å². The van der Waals surface area contributed by atoms with E-state index < -0.39 is 76.8 Å². The number of esters is 2. The van der Waals surface area contributed by atoms with Crippen LogP contribution >= 0.6 is 0 Å². The standard InChI is InChI=1S/C25H26F8N2O6/c1-5-22(6-2,14-9-18(34-12-16(14)26)38-24(28,29)30)40-20(36)11-21(37)41-23(7-3,8-4)15-10-19(35-13-17(15)27)39-25(31,32)33/h9-10,12-13H,5-8,11H2,1-4H3. The summed E-state index contributed by atoms with van der Waals surface area (Å²) in [5.74, 6) is -6.80. The van der Waals surface area contributed by atoms with Crippen molar-refractivity contribution in [3.05, 3.63) is 47.3 Å². The van der Waals surface area contributed by atoms with Crippen LogP contribution < -0.4 is 9.47 Å². The lowest BCUT2D eigenvalue weighted by atomic mass is 9.88.